The highest BCUT2D eigenvalue weighted by Gasteiger charge is 2.16. The van der Waals surface area contributed by atoms with Gasteiger partial charge in [-0.3, -0.25) is 0 Å². The highest BCUT2D eigenvalue weighted by molar-refractivity contribution is 5.46. The molecule has 0 heterocycles. The third-order valence-corrected chi connectivity index (χ3v) is 3.49. The monoisotopic (exact) mass is 290 g/mol. The van der Waals surface area contributed by atoms with Gasteiger partial charge in [-0.25, -0.2) is 4.39 Å². The Labute approximate surface area is 124 Å². The van der Waals surface area contributed by atoms with E-state index in [4.69, 9.17) is 9.47 Å². The lowest BCUT2D eigenvalue weighted by atomic mass is 9.97. The number of ether oxygens (including phenoxy) is 2. The molecule has 1 atom stereocenters. The fourth-order valence-corrected chi connectivity index (χ4v) is 2.50. The van der Waals surface area contributed by atoms with Crippen LogP contribution in [0.15, 0.2) is 30.3 Å². The summed E-state index contributed by atoms with van der Waals surface area (Å²) in [6, 6.07) is 8.09. The maximum Gasteiger partial charge on any atom is 0.165 e. The lowest BCUT2D eigenvalue weighted by Gasteiger charge is -2.16. The van der Waals surface area contributed by atoms with Gasteiger partial charge in [-0.2, -0.15) is 0 Å². The second-order valence-electron chi connectivity index (χ2n) is 4.98. The number of aliphatic hydroxyl groups excluding tert-OH is 1. The highest BCUT2D eigenvalue weighted by atomic mass is 19.1. The van der Waals surface area contributed by atoms with Gasteiger partial charge < -0.3 is 14.6 Å². The molecule has 112 valence electrons. The normalized spacial score (nSPS) is 12.1. The van der Waals surface area contributed by atoms with Crippen LogP contribution in [0.5, 0.6) is 11.5 Å². The molecule has 2 aromatic carbocycles. The van der Waals surface area contributed by atoms with Gasteiger partial charge in [0.2, 0.25) is 0 Å². The molecular formula is C17H19FO3. The maximum atomic E-state index is 13.4. The van der Waals surface area contributed by atoms with Gasteiger partial charge in [0.15, 0.2) is 11.6 Å². The average Bonchev–Trinajstić information content (AvgIpc) is 2.46. The van der Waals surface area contributed by atoms with E-state index in [1.807, 2.05) is 26.0 Å². The van der Waals surface area contributed by atoms with Crippen LogP contribution in [0.25, 0.3) is 0 Å². The van der Waals surface area contributed by atoms with Crippen LogP contribution in [0.4, 0.5) is 4.39 Å². The number of hydrogen-bond donors (Lipinski definition) is 1. The fraction of sp³-hybridized carbons (Fsp3) is 0.294. The minimum Gasteiger partial charge on any atom is -0.496 e. The van der Waals surface area contributed by atoms with E-state index in [0.717, 1.165) is 22.4 Å². The van der Waals surface area contributed by atoms with Gasteiger partial charge in [0, 0.05) is 0 Å². The predicted octanol–water partition coefficient (Wildman–Crippen LogP) is 3.54. The Balaban J connectivity index is 2.42. The van der Waals surface area contributed by atoms with Crippen molar-refractivity contribution >= 4 is 0 Å². The van der Waals surface area contributed by atoms with Crippen molar-refractivity contribution in [1.82, 2.24) is 0 Å². The van der Waals surface area contributed by atoms with Crippen LogP contribution in [-0.4, -0.2) is 19.3 Å². The molecule has 1 unspecified atom stereocenters. The Kier molecular flexibility index (Phi) is 4.48. The van der Waals surface area contributed by atoms with Crippen LogP contribution in [0, 0.1) is 19.7 Å². The molecule has 0 aliphatic heterocycles. The summed E-state index contributed by atoms with van der Waals surface area (Å²) in [6.07, 6.45) is -0.845. The minimum atomic E-state index is -0.845. The number of rotatable bonds is 4. The number of aryl methyl sites for hydroxylation is 2. The predicted molar refractivity (Wildman–Crippen MR) is 79.5 cm³/mol. The van der Waals surface area contributed by atoms with E-state index < -0.39 is 11.9 Å². The van der Waals surface area contributed by atoms with E-state index in [2.05, 4.69) is 0 Å². The van der Waals surface area contributed by atoms with E-state index >= 15 is 0 Å². The first-order valence-electron chi connectivity index (χ1n) is 6.64. The molecule has 0 amide bonds. The van der Waals surface area contributed by atoms with Crippen molar-refractivity contribution in [3.05, 3.63) is 58.4 Å². The molecule has 2 rings (SSSR count). The lowest BCUT2D eigenvalue weighted by molar-refractivity contribution is 0.219. The molecule has 4 heteroatoms. The van der Waals surface area contributed by atoms with Crippen LogP contribution in [0.1, 0.15) is 28.4 Å². The van der Waals surface area contributed by atoms with Crippen molar-refractivity contribution in [2.24, 2.45) is 0 Å². The minimum absolute atomic E-state index is 0.119. The molecule has 3 nitrogen and oxygen atoms in total. The van der Waals surface area contributed by atoms with E-state index in [1.54, 1.807) is 13.2 Å². The van der Waals surface area contributed by atoms with Crippen LogP contribution < -0.4 is 9.47 Å². The summed E-state index contributed by atoms with van der Waals surface area (Å²) in [7, 11) is 3.02. The number of benzene rings is 2. The van der Waals surface area contributed by atoms with E-state index in [1.165, 1.54) is 19.2 Å². The summed E-state index contributed by atoms with van der Waals surface area (Å²) in [5, 5.41) is 10.5. The second kappa shape index (κ2) is 6.14. The average molecular weight is 290 g/mol. The Morgan fingerprint density at radius 3 is 2.10 bits per heavy atom. The molecular weight excluding hydrogens is 271 g/mol. The van der Waals surface area contributed by atoms with Crippen molar-refractivity contribution < 1.29 is 19.0 Å². The number of halogens is 1. The van der Waals surface area contributed by atoms with Crippen LogP contribution >= 0.6 is 0 Å². The van der Waals surface area contributed by atoms with Crippen LogP contribution in [0.2, 0.25) is 0 Å². The molecule has 0 radical (unpaired) electrons. The van der Waals surface area contributed by atoms with Crippen molar-refractivity contribution in [3.8, 4) is 11.5 Å². The first kappa shape index (κ1) is 15.3. The summed E-state index contributed by atoms with van der Waals surface area (Å²) in [5.41, 5.74) is 3.21. The third-order valence-electron chi connectivity index (χ3n) is 3.49. The summed E-state index contributed by atoms with van der Waals surface area (Å²) >= 11 is 0. The van der Waals surface area contributed by atoms with Gasteiger partial charge in [0.05, 0.1) is 14.2 Å². The topological polar surface area (TPSA) is 38.7 Å². The second-order valence-corrected chi connectivity index (χ2v) is 4.98. The fourth-order valence-electron chi connectivity index (χ4n) is 2.50. The zero-order valence-corrected chi connectivity index (χ0v) is 12.6. The lowest BCUT2D eigenvalue weighted by Crippen LogP contribution is -2.03. The van der Waals surface area contributed by atoms with E-state index in [0.29, 0.717) is 5.56 Å². The van der Waals surface area contributed by atoms with Gasteiger partial charge in [0.25, 0.3) is 0 Å². The molecule has 21 heavy (non-hydrogen) atoms. The summed E-state index contributed by atoms with van der Waals surface area (Å²) < 4.78 is 23.7. The summed E-state index contributed by atoms with van der Waals surface area (Å²) in [6.45, 7) is 3.85. The Bertz CT molecular complexity index is 629. The van der Waals surface area contributed by atoms with Gasteiger partial charge in [-0.15, -0.1) is 0 Å². The van der Waals surface area contributed by atoms with Crippen molar-refractivity contribution in [1.29, 1.82) is 0 Å². The van der Waals surface area contributed by atoms with Gasteiger partial charge in [-0.1, -0.05) is 6.07 Å². The summed E-state index contributed by atoms with van der Waals surface area (Å²) in [5.74, 6) is 0.478. The zero-order chi connectivity index (χ0) is 15.6. The number of hydrogen-bond acceptors (Lipinski definition) is 3. The van der Waals surface area contributed by atoms with Gasteiger partial charge >= 0.3 is 0 Å². The molecule has 0 saturated heterocycles. The molecule has 0 aromatic heterocycles. The standard InChI is InChI=1S/C17H19FO3/c1-10-7-13(8-11(2)17(10)21-4)16(19)12-5-6-14(18)15(9-12)20-3/h5-9,16,19H,1-4H3. The molecule has 1 N–H and O–H groups in total. The quantitative estimate of drug-likeness (QED) is 0.936. The SMILES string of the molecule is COc1cc(C(O)c2cc(C)c(OC)c(C)c2)ccc1F. The van der Waals surface area contributed by atoms with E-state index in [9.17, 15) is 9.50 Å². The third kappa shape index (κ3) is 3.00. The smallest absolute Gasteiger partial charge is 0.165 e. The van der Waals surface area contributed by atoms with Crippen LogP contribution in [0.3, 0.4) is 0 Å². The van der Waals surface area contributed by atoms with E-state index in [-0.39, 0.29) is 5.75 Å². The molecule has 0 spiro atoms. The van der Waals surface area contributed by atoms with Gasteiger partial charge in [-0.05, 0) is 60.4 Å². The first-order chi connectivity index (χ1) is 9.97. The van der Waals surface area contributed by atoms with Crippen molar-refractivity contribution in [3.63, 3.8) is 0 Å². The summed E-state index contributed by atoms with van der Waals surface area (Å²) in [4.78, 5) is 0. The molecule has 0 aliphatic rings. The Hall–Kier alpha value is -2.07. The highest BCUT2D eigenvalue weighted by Crippen LogP contribution is 2.31. The van der Waals surface area contributed by atoms with Crippen molar-refractivity contribution in [2.45, 2.75) is 20.0 Å². The molecule has 0 fully saturated rings. The number of aliphatic hydroxyl groups is 1. The molecule has 2 aromatic rings. The van der Waals surface area contributed by atoms with Gasteiger partial charge in [0.1, 0.15) is 11.9 Å². The molecule has 0 bridgehead atoms. The molecule has 0 saturated carbocycles. The zero-order valence-electron chi connectivity index (χ0n) is 12.6. The Morgan fingerprint density at radius 2 is 1.57 bits per heavy atom. The number of methoxy groups -OCH3 is 2. The van der Waals surface area contributed by atoms with Crippen molar-refractivity contribution in [2.75, 3.05) is 14.2 Å². The largest absolute Gasteiger partial charge is 0.496 e. The first-order valence-corrected chi connectivity index (χ1v) is 6.64. The Morgan fingerprint density at radius 1 is 0.952 bits per heavy atom. The molecule has 0 aliphatic carbocycles. The maximum absolute atomic E-state index is 13.4. The van der Waals surface area contributed by atoms with Crippen LogP contribution in [-0.2, 0) is 0 Å².